The number of aromatic nitrogens is 3. The molecule has 2 aromatic rings. The van der Waals surface area contributed by atoms with E-state index in [9.17, 15) is 4.79 Å². The smallest absolute Gasteiger partial charge is 0.265 e. The van der Waals surface area contributed by atoms with Crippen LogP contribution in [0.25, 0.3) is 0 Å². The van der Waals surface area contributed by atoms with Gasteiger partial charge in [0.2, 0.25) is 0 Å². The molecule has 0 aliphatic carbocycles. The summed E-state index contributed by atoms with van der Waals surface area (Å²) in [5, 5.41) is 6.93. The molecule has 0 unspecified atom stereocenters. The molecule has 2 aromatic heterocycles. The zero-order valence-electron chi connectivity index (χ0n) is 10.7. The summed E-state index contributed by atoms with van der Waals surface area (Å²) in [7, 11) is 0. The summed E-state index contributed by atoms with van der Waals surface area (Å²) < 4.78 is 3.88. The number of hydrogen-bond acceptors (Lipinski definition) is 4. The van der Waals surface area contributed by atoms with Crippen LogP contribution >= 0.6 is 11.5 Å². The van der Waals surface area contributed by atoms with Crippen LogP contribution in [-0.4, -0.2) is 20.5 Å². The van der Waals surface area contributed by atoms with E-state index in [0.29, 0.717) is 11.4 Å². The fourth-order valence-corrected chi connectivity index (χ4v) is 2.35. The number of rotatable bonds is 3. The molecule has 0 fully saturated rings. The van der Waals surface area contributed by atoms with Crippen LogP contribution in [0.15, 0.2) is 18.5 Å². The standard InChI is InChI=1S/C12H16N4OS/c1-12(2,3)10-9(18-16-15-10)11(17)14-7-8-4-5-13-6-8/h4-6,13H,7H2,1-3H3,(H,14,17). The molecule has 2 N–H and O–H groups in total. The van der Waals surface area contributed by atoms with Gasteiger partial charge in [0, 0.05) is 24.4 Å². The average molecular weight is 264 g/mol. The molecular formula is C12H16N4OS. The highest BCUT2D eigenvalue weighted by atomic mass is 32.1. The largest absolute Gasteiger partial charge is 0.367 e. The maximum absolute atomic E-state index is 12.1. The van der Waals surface area contributed by atoms with E-state index in [4.69, 9.17) is 0 Å². The van der Waals surface area contributed by atoms with Crippen LogP contribution in [0, 0.1) is 0 Å². The second-order valence-corrected chi connectivity index (χ2v) is 5.86. The number of H-pyrrole nitrogens is 1. The van der Waals surface area contributed by atoms with Crippen LogP contribution in [-0.2, 0) is 12.0 Å². The highest BCUT2D eigenvalue weighted by molar-refractivity contribution is 7.08. The van der Waals surface area contributed by atoms with Gasteiger partial charge < -0.3 is 10.3 Å². The molecule has 0 spiro atoms. The lowest BCUT2D eigenvalue weighted by Gasteiger charge is -2.16. The summed E-state index contributed by atoms with van der Waals surface area (Å²) in [6, 6.07) is 1.93. The van der Waals surface area contributed by atoms with E-state index in [0.717, 1.165) is 22.8 Å². The van der Waals surface area contributed by atoms with Crippen LogP contribution in [0.5, 0.6) is 0 Å². The molecule has 0 radical (unpaired) electrons. The van der Waals surface area contributed by atoms with Crippen molar-refractivity contribution in [2.24, 2.45) is 0 Å². The van der Waals surface area contributed by atoms with Crippen molar-refractivity contribution in [3.8, 4) is 0 Å². The van der Waals surface area contributed by atoms with Gasteiger partial charge in [0.25, 0.3) is 5.91 Å². The Morgan fingerprint density at radius 2 is 2.28 bits per heavy atom. The van der Waals surface area contributed by atoms with Crippen molar-refractivity contribution in [1.29, 1.82) is 0 Å². The van der Waals surface area contributed by atoms with Gasteiger partial charge in [-0.1, -0.05) is 25.3 Å². The second-order valence-electron chi connectivity index (χ2n) is 5.10. The Kier molecular flexibility index (Phi) is 3.47. The highest BCUT2D eigenvalue weighted by Crippen LogP contribution is 2.25. The van der Waals surface area contributed by atoms with Crippen LogP contribution in [0.2, 0.25) is 0 Å². The summed E-state index contributed by atoms with van der Waals surface area (Å²) >= 11 is 1.14. The fourth-order valence-electron chi connectivity index (χ4n) is 1.56. The van der Waals surface area contributed by atoms with E-state index in [1.54, 1.807) is 0 Å². The maximum Gasteiger partial charge on any atom is 0.265 e. The topological polar surface area (TPSA) is 70.7 Å². The molecule has 2 rings (SSSR count). The minimum Gasteiger partial charge on any atom is -0.367 e. The van der Waals surface area contributed by atoms with Gasteiger partial charge in [-0.3, -0.25) is 4.79 Å². The van der Waals surface area contributed by atoms with Gasteiger partial charge in [-0.25, -0.2) is 0 Å². The van der Waals surface area contributed by atoms with Gasteiger partial charge in [0.05, 0.1) is 5.69 Å². The molecule has 0 aliphatic heterocycles. The second kappa shape index (κ2) is 4.89. The van der Waals surface area contributed by atoms with Crippen molar-refractivity contribution in [2.75, 3.05) is 0 Å². The molecule has 0 saturated carbocycles. The third-order valence-corrected chi connectivity index (χ3v) is 3.24. The quantitative estimate of drug-likeness (QED) is 0.891. The van der Waals surface area contributed by atoms with Crippen LogP contribution < -0.4 is 5.32 Å². The molecule has 0 atom stereocenters. The summed E-state index contributed by atoms with van der Waals surface area (Å²) in [5.41, 5.74) is 1.62. The summed E-state index contributed by atoms with van der Waals surface area (Å²) in [4.78, 5) is 15.6. The number of hydrogen-bond donors (Lipinski definition) is 2. The molecule has 1 amide bonds. The number of carbonyl (C=O) groups is 1. The molecule has 0 bridgehead atoms. The predicted molar refractivity (Wildman–Crippen MR) is 70.6 cm³/mol. The fraction of sp³-hybridized carbons (Fsp3) is 0.417. The third kappa shape index (κ3) is 2.76. The van der Waals surface area contributed by atoms with E-state index in [2.05, 4.69) is 19.9 Å². The first-order chi connectivity index (χ1) is 8.48. The molecule has 0 aliphatic rings. The van der Waals surface area contributed by atoms with Gasteiger partial charge in [-0.2, -0.15) is 0 Å². The summed E-state index contributed by atoms with van der Waals surface area (Å²) in [6.07, 6.45) is 3.69. The number of nitrogens with zero attached hydrogens (tertiary/aromatic N) is 2. The van der Waals surface area contributed by atoms with Gasteiger partial charge in [0.1, 0.15) is 4.88 Å². The maximum atomic E-state index is 12.1. The Hall–Kier alpha value is -1.69. The Labute approximate surface area is 110 Å². The normalized spacial score (nSPS) is 11.5. The Bertz CT molecular complexity index is 525. The number of aromatic amines is 1. The molecular weight excluding hydrogens is 248 g/mol. The van der Waals surface area contributed by atoms with Crippen LogP contribution in [0.1, 0.15) is 41.7 Å². The van der Waals surface area contributed by atoms with Crippen molar-refractivity contribution < 1.29 is 4.79 Å². The molecule has 18 heavy (non-hydrogen) atoms. The molecule has 0 aromatic carbocycles. The van der Waals surface area contributed by atoms with Crippen LogP contribution in [0.3, 0.4) is 0 Å². The predicted octanol–water partition coefficient (Wildman–Crippen LogP) is 2.09. The lowest BCUT2D eigenvalue weighted by Crippen LogP contribution is -2.25. The number of nitrogens with one attached hydrogen (secondary N) is 2. The monoisotopic (exact) mass is 264 g/mol. The number of amides is 1. The van der Waals surface area contributed by atoms with Crippen molar-refractivity contribution in [1.82, 2.24) is 19.9 Å². The minimum absolute atomic E-state index is 0.115. The summed E-state index contributed by atoms with van der Waals surface area (Å²) in [5.74, 6) is -0.115. The van der Waals surface area contributed by atoms with E-state index >= 15 is 0 Å². The van der Waals surface area contributed by atoms with E-state index in [-0.39, 0.29) is 11.3 Å². The van der Waals surface area contributed by atoms with Gasteiger partial charge in [-0.05, 0) is 23.2 Å². The zero-order chi connectivity index (χ0) is 13.2. The number of carbonyl (C=O) groups excluding carboxylic acids is 1. The SMILES string of the molecule is CC(C)(C)c1nnsc1C(=O)NCc1cc[nH]c1. The Morgan fingerprint density at radius 1 is 1.50 bits per heavy atom. The van der Waals surface area contributed by atoms with Crippen LogP contribution in [0.4, 0.5) is 0 Å². The van der Waals surface area contributed by atoms with Crippen molar-refractivity contribution in [3.05, 3.63) is 34.6 Å². The molecule has 6 heteroatoms. The van der Waals surface area contributed by atoms with Gasteiger partial charge in [-0.15, -0.1) is 5.10 Å². The van der Waals surface area contributed by atoms with Crippen molar-refractivity contribution in [3.63, 3.8) is 0 Å². The minimum atomic E-state index is -0.173. The Morgan fingerprint density at radius 3 is 2.89 bits per heavy atom. The first-order valence-corrected chi connectivity index (χ1v) is 6.48. The van der Waals surface area contributed by atoms with E-state index < -0.39 is 0 Å². The molecule has 5 nitrogen and oxygen atoms in total. The molecule has 2 heterocycles. The lowest BCUT2D eigenvalue weighted by atomic mass is 9.91. The third-order valence-electron chi connectivity index (χ3n) is 2.52. The molecule has 96 valence electrons. The van der Waals surface area contributed by atoms with E-state index in [1.807, 2.05) is 39.2 Å². The molecule has 0 saturated heterocycles. The van der Waals surface area contributed by atoms with E-state index in [1.165, 1.54) is 0 Å². The highest BCUT2D eigenvalue weighted by Gasteiger charge is 2.26. The first-order valence-electron chi connectivity index (χ1n) is 5.71. The summed E-state index contributed by atoms with van der Waals surface area (Å²) in [6.45, 7) is 6.57. The average Bonchev–Trinajstić information content (AvgIpc) is 2.95. The van der Waals surface area contributed by atoms with Gasteiger partial charge >= 0.3 is 0 Å². The van der Waals surface area contributed by atoms with Crippen molar-refractivity contribution >= 4 is 17.4 Å². The van der Waals surface area contributed by atoms with Crippen molar-refractivity contribution in [2.45, 2.75) is 32.7 Å². The van der Waals surface area contributed by atoms with Gasteiger partial charge in [0.15, 0.2) is 0 Å². The Balaban J connectivity index is 2.08. The zero-order valence-corrected chi connectivity index (χ0v) is 11.5. The lowest BCUT2D eigenvalue weighted by molar-refractivity contribution is 0.0952. The first kappa shape index (κ1) is 12.8.